The molecule has 3 rings (SSSR count). The summed E-state index contributed by atoms with van der Waals surface area (Å²) < 4.78 is 12.2. The molecule has 0 heterocycles. The van der Waals surface area contributed by atoms with E-state index in [2.05, 4.69) is 86.7 Å². The molecule has 3 aromatic rings. The third-order valence-electron chi connectivity index (χ3n) is 5.89. The minimum absolute atomic E-state index is 0.571. The second kappa shape index (κ2) is 13.3. The third-order valence-corrected chi connectivity index (χ3v) is 5.89. The predicted octanol–water partition coefficient (Wildman–Crippen LogP) is 8.63. The molecule has 172 valence electrons. The highest BCUT2D eigenvalue weighted by atomic mass is 16.5. The number of rotatable bonds is 12. The van der Waals surface area contributed by atoms with Gasteiger partial charge in [0, 0.05) is 11.1 Å². The second-order valence-electron chi connectivity index (χ2n) is 8.35. The van der Waals surface area contributed by atoms with Gasteiger partial charge in [-0.25, -0.2) is 0 Å². The van der Waals surface area contributed by atoms with Crippen LogP contribution in [0.5, 0.6) is 11.5 Å². The van der Waals surface area contributed by atoms with Gasteiger partial charge >= 0.3 is 0 Å². The quantitative estimate of drug-likeness (QED) is 0.262. The minimum Gasteiger partial charge on any atom is -0.496 e. The van der Waals surface area contributed by atoms with Crippen LogP contribution in [0.1, 0.15) is 61.8 Å². The van der Waals surface area contributed by atoms with Crippen molar-refractivity contribution in [3.8, 4) is 11.5 Å². The Morgan fingerprint density at radius 3 is 1.79 bits per heavy atom. The molecule has 0 aromatic heterocycles. The maximum atomic E-state index is 6.43. The first-order chi connectivity index (χ1) is 16.2. The minimum atomic E-state index is 0.571. The Morgan fingerprint density at radius 1 is 0.727 bits per heavy atom. The van der Waals surface area contributed by atoms with E-state index in [0.717, 1.165) is 46.8 Å². The van der Waals surface area contributed by atoms with Crippen LogP contribution in [-0.4, -0.2) is 13.7 Å². The van der Waals surface area contributed by atoms with Crippen LogP contribution in [0, 0.1) is 5.92 Å². The van der Waals surface area contributed by atoms with Gasteiger partial charge in [0.25, 0.3) is 0 Å². The Morgan fingerprint density at radius 2 is 1.27 bits per heavy atom. The van der Waals surface area contributed by atoms with Gasteiger partial charge in [0.1, 0.15) is 11.5 Å². The van der Waals surface area contributed by atoms with Gasteiger partial charge in [0.2, 0.25) is 0 Å². The van der Waals surface area contributed by atoms with Crippen LogP contribution in [0.3, 0.4) is 0 Å². The maximum absolute atomic E-state index is 6.43. The number of ether oxygens (including phenoxy) is 2. The lowest BCUT2D eigenvalue weighted by atomic mass is 10.0. The van der Waals surface area contributed by atoms with Crippen molar-refractivity contribution in [3.63, 3.8) is 0 Å². The van der Waals surface area contributed by atoms with Crippen LogP contribution in [0.4, 0.5) is 0 Å². The van der Waals surface area contributed by atoms with Gasteiger partial charge in [0.15, 0.2) is 0 Å². The number of benzene rings is 3. The van der Waals surface area contributed by atoms with Gasteiger partial charge in [0.05, 0.1) is 13.7 Å². The number of unbranched alkanes of at least 4 members (excludes halogenated alkanes) is 1. The molecule has 2 nitrogen and oxygen atoms in total. The lowest BCUT2D eigenvalue weighted by Crippen LogP contribution is -2.12. The van der Waals surface area contributed by atoms with E-state index in [1.54, 1.807) is 7.11 Å². The van der Waals surface area contributed by atoms with Gasteiger partial charge in [-0.05, 0) is 35.6 Å². The van der Waals surface area contributed by atoms with Crippen LogP contribution in [-0.2, 0) is 0 Å². The molecule has 1 unspecified atom stereocenters. The molecule has 0 saturated carbocycles. The van der Waals surface area contributed by atoms with Crippen molar-refractivity contribution in [2.75, 3.05) is 13.7 Å². The van der Waals surface area contributed by atoms with Crippen molar-refractivity contribution in [2.45, 2.75) is 39.5 Å². The molecule has 0 aliphatic heterocycles. The molecule has 0 fully saturated rings. The van der Waals surface area contributed by atoms with Crippen molar-refractivity contribution in [1.29, 1.82) is 0 Å². The molecule has 1 atom stereocenters. The van der Waals surface area contributed by atoms with E-state index in [4.69, 9.17) is 9.47 Å². The van der Waals surface area contributed by atoms with Crippen LogP contribution in [0.15, 0.2) is 72.8 Å². The summed E-state index contributed by atoms with van der Waals surface area (Å²) in [5, 5.41) is 0. The van der Waals surface area contributed by atoms with Crippen LogP contribution >= 0.6 is 0 Å². The van der Waals surface area contributed by atoms with Crippen LogP contribution in [0.2, 0.25) is 0 Å². The van der Waals surface area contributed by atoms with Gasteiger partial charge < -0.3 is 9.47 Å². The lowest BCUT2D eigenvalue weighted by molar-refractivity contribution is 0.232. The summed E-state index contributed by atoms with van der Waals surface area (Å²) in [7, 11) is 1.72. The normalized spacial score (nSPS) is 12.3. The molecule has 0 amide bonds. The zero-order valence-corrected chi connectivity index (χ0v) is 20.2. The Balaban J connectivity index is 1.92. The fourth-order valence-corrected chi connectivity index (χ4v) is 3.76. The first kappa shape index (κ1) is 24.4. The summed E-state index contributed by atoms with van der Waals surface area (Å²) in [6, 6.07) is 24.8. The number of hydrogen-bond acceptors (Lipinski definition) is 2. The highest BCUT2D eigenvalue weighted by Gasteiger charge is 2.12. The van der Waals surface area contributed by atoms with E-state index in [-0.39, 0.29) is 0 Å². The second-order valence-corrected chi connectivity index (χ2v) is 8.35. The molecule has 0 aliphatic rings. The van der Waals surface area contributed by atoms with Crippen molar-refractivity contribution < 1.29 is 9.47 Å². The summed E-state index contributed by atoms with van der Waals surface area (Å²) in [4.78, 5) is 0. The van der Waals surface area contributed by atoms with E-state index in [9.17, 15) is 0 Å². The molecule has 3 aromatic carbocycles. The number of methoxy groups -OCH3 is 1. The Bertz CT molecular complexity index is 1020. The fourth-order valence-electron chi connectivity index (χ4n) is 3.76. The van der Waals surface area contributed by atoms with Gasteiger partial charge in [-0.1, -0.05) is 118 Å². The number of hydrogen-bond donors (Lipinski definition) is 0. The molecule has 2 heteroatoms. The first-order valence-corrected chi connectivity index (χ1v) is 12.0. The Kier molecular flexibility index (Phi) is 9.85. The van der Waals surface area contributed by atoms with E-state index >= 15 is 0 Å². The fraction of sp³-hybridized carbons (Fsp3) is 0.290. The third kappa shape index (κ3) is 7.68. The molecule has 0 saturated heterocycles. The molecule has 0 bridgehead atoms. The summed E-state index contributed by atoms with van der Waals surface area (Å²) in [5.41, 5.74) is 4.35. The van der Waals surface area contributed by atoms with Crippen molar-refractivity contribution in [2.24, 2.45) is 5.92 Å². The average molecular weight is 441 g/mol. The molecule has 0 radical (unpaired) electrons. The summed E-state index contributed by atoms with van der Waals surface area (Å²) >= 11 is 0. The molecule has 0 spiro atoms. The van der Waals surface area contributed by atoms with Crippen molar-refractivity contribution in [3.05, 3.63) is 95.1 Å². The molecular weight excluding hydrogens is 404 g/mol. The van der Waals surface area contributed by atoms with Gasteiger partial charge in [-0.15, -0.1) is 0 Å². The maximum Gasteiger partial charge on any atom is 0.127 e. The highest BCUT2D eigenvalue weighted by molar-refractivity contribution is 5.78. The first-order valence-electron chi connectivity index (χ1n) is 12.0. The summed E-state index contributed by atoms with van der Waals surface area (Å²) in [6.07, 6.45) is 13.2. The van der Waals surface area contributed by atoms with E-state index in [1.807, 2.05) is 24.3 Å². The van der Waals surface area contributed by atoms with Gasteiger partial charge in [-0.3, -0.25) is 0 Å². The van der Waals surface area contributed by atoms with Crippen molar-refractivity contribution >= 4 is 24.3 Å². The monoisotopic (exact) mass is 440 g/mol. The summed E-state index contributed by atoms with van der Waals surface area (Å²) in [5.74, 6) is 2.30. The molecule has 33 heavy (non-hydrogen) atoms. The zero-order chi connectivity index (χ0) is 23.3. The van der Waals surface area contributed by atoms with Crippen molar-refractivity contribution in [1.82, 2.24) is 0 Å². The Labute approximate surface area is 199 Å². The van der Waals surface area contributed by atoms with E-state index < -0.39 is 0 Å². The largest absolute Gasteiger partial charge is 0.496 e. The highest BCUT2D eigenvalue weighted by Crippen LogP contribution is 2.32. The van der Waals surface area contributed by atoms with E-state index in [0.29, 0.717) is 5.92 Å². The van der Waals surface area contributed by atoms with Crippen LogP contribution < -0.4 is 9.47 Å². The smallest absolute Gasteiger partial charge is 0.127 e. The van der Waals surface area contributed by atoms with Crippen LogP contribution in [0.25, 0.3) is 24.3 Å². The topological polar surface area (TPSA) is 18.5 Å². The van der Waals surface area contributed by atoms with Gasteiger partial charge in [-0.2, -0.15) is 0 Å². The standard InChI is InChI=1S/C31H36O2/c1-4-6-13-25(5-2)24-33-31-23-28(20-18-26-14-9-7-10-15-26)30(32-3)22-29(31)21-19-27-16-11-8-12-17-27/h7-12,14-23,25H,4-6,13,24H2,1-3H3. The average Bonchev–Trinajstić information content (AvgIpc) is 2.87. The molecular formula is C31H36O2. The molecule has 0 aliphatic carbocycles. The zero-order valence-electron chi connectivity index (χ0n) is 20.2. The Hall–Kier alpha value is -3.26. The van der Waals surface area contributed by atoms with E-state index in [1.165, 1.54) is 19.3 Å². The lowest BCUT2D eigenvalue weighted by Gasteiger charge is -2.18. The summed E-state index contributed by atoms with van der Waals surface area (Å²) in [6.45, 7) is 5.23. The molecule has 0 N–H and O–H groups in total. The predicted molar refractivity (Wildman–Crippen MR) is 143 cm³/mol. The SMILES string of the molecule is CCCCC(CC)COc1cc(C=Cc2ccccc2)c(OC)cc1C=Cc1ccccc1.